The molecule has 0 aromatic heterocycles. The molecule has 1 heterocycles. The van der Waals surface area contributed by atoms with Gasteiger partial charge in [0.15, 0.2) is 0 Å². The third kappa shape index (κ3) is 2.54. The van der Waals surface area contributed by atoms with Crippen molar-refractivity contribution in [1.29, 1.82) is 0 Å². The van der Waals surface area contributed by atoms with Crippen LogP contribution in [0.3, 0.4) is 0 Å². The second-order valence-electron chi connectivity index (χ2n) is 4.48. The molecular formula is C13H20N2O. The molecule has 88 valence electrons. The SMILES string of the molecule is NCc1ccc(N2CCC(CCO)C2)cc1. The number of hydrogen-bond acceptors (Lipinski definition) is 3. The van der Waals surface area contributed by atoms with Crippen LogP contribution >= 0.6 is 0 Å². The van der Waals surface area contributed by atoms with Crippen LogP contribution in [0.25, 0.3) is 0 Å². The molecule has 1 unspecified atom stereocenters. The van der Waals surface area contributed by atoms with Crippen molar-refractivity contribution in [2.75, 3.05) is 24.6 Å². The number of hydrogen-bond donors (Lipinski definition) is 2. The molecule has 0 aliphatic carbocycles. The summed E-state index contributed by atoms with van der Waals surface area (Å²) in [6.07, 6.45) is 2.12. The Morgan fingerprint density at radius 2 is 2.06 bits per heavy atom. The van der Waals surface area contributed by atoms with Crippen molar-refractivity contribution in [3.8, 4) is 0 Å². The molecule has 1 aromatic rings. The summed E-state index contributed by atoms with van der Waals surface area (Å²) in [5, 5.41) is 8.92. The molecule has 1 aromatic carbocycles. The van der Waals surface area contributed by atoms with Gasteiger partial charge >= 0.3 is 0 Å². The highest BCUT2D eigenvalue weighted by molar-refractivity contribution is 5.48. The minimum atomic E-state index is 0.310. The summed E-state index contributed by atoms with van der Waals surface area (Å²) in [5.41, 5.74) is 8.02. The number of aliphatic hydroxyl groups is 1. The molecule has 1 saturated heterocycles. The van der Waals surface area contributed by atoms with Crippen molar-refractivity contribution in [3.63, 3.8) is 0 Å². The van der Waals surface area contributed by atoms with Gasteiger partial charge in [0, 0.05) is 31.9 Å². The van der Waals surface area contributed by atoms with Crippen LogP contribution in [0.5, 0.6) is 0 Å². The van der Waals surface area contributed by atoms with Crippen LogP contribution in [0, 0.1) is 5.92 Å². The summed E-state index contributed by atoms with van der Waals surface area (Å²) in [6.45, 7) is 3.09. The highest BCUT2D eigenvalue weighted by Gasteiger charge is 2.21. The largest absolute Gasteiger partial charge is 0.396 e. The van der Waals surface area contributed by atoms with Gasteiger partial charge in [-0.25, -0.2) is 0 Å². The lowest BCUT2D eigenvalue weighted by molar-refractivity contribution is 0.263. The van der Waals surface area contributed by atoms with E-state index in [1.807, 2.05) is 0 Å². The van der Waals surface area contributed by atoms with Crippen LogP contribution in [0.1, 0.15) is 18.4 Å². The minimum absolute atomic E-state index is 0.310. The summed E-state index contributed by atoms with van der Waals surface area (Å²) < 4.78 is 0. The second kappa shape index (κ2) is 5.32. The summed E-state index contributed by atoms with van der Waals surface area (Å²) in [6, 6.07) is 8.47. The molecule has 0 bridgehead atoms. The van der Waals surface area contributed by atoms with Gasteiger partial charge in [0.2, 0.25) is 0 Å². The van der Waals surface area contributed by atoms with E-state index in [1.54, 1.807) is 0 Å². The molecule has 1 atom stereocenters. The lowest BCUT2D eigenvalue weighted by atomic mass is 10.1. The van der Waals surface area contributed by atoms with Crippen molar-refractivity contribution >= 4 is 5.69 Å². The number of nitrogens with zero attached hydrogens (tertiary/aromatic N) is 1. The van der Waals surface area contributed by atoms with E-state index < -0.39 is 0 Å². The maximum Gasteiger partial charge on any atom is 0.0434 e. The zero-order valence-corrected chi connectivity index (χ0v) is 9.60. The zero-order chi connectivity index (χ0) is 11.4. The average molecular weight is 220 g/mol. The van der Waals surface area contributed by atoms with E-state index in [1.165, 1.54) is 17.7 Å². The van der Waals surface area contributed by atoms with E-state index in [-0.39, 0.29) is 0 Å². The van der Waals surface area contributed by atoms with Gasteiger partial charge in [0.25, 0.3) is 0 Å². The fourth-order valence-electron chi connectivity index (χ4n) is 2.33. The molecule has 1 aliphatic heterocycles. The first kappa shape index (κ1) is 11.4. The molecule has 0 saturated carbocycles. The van der Waals surface area contributed by atoms with E-state index in [0.717, 1.165) is 19.5 Å². The van der Waals surface area contributed by atoms with E-state index in [4.69, 9.17) is 10.8 Å². The van der Waals surface area contributed by atoms with Gasteiger partial charge in [-0.1, -0.05) is 12.1 Å². The minimum Gasteiger partial charge on any atom is -0.396 e. The highest BCUT2D eigenvalue weighted by Crippen LogP contribution is 2.25. The average Bonchev–Trinajstić information content (AvgIpc) is 2.78. The third-order valence-electron chi connectivity index (χ3n) is 3.36. The fourth-order valence-corrected chi connectivity index (χ4v) is 2.33. The van der Waals surface area contributed by atoms with Crippen LogP contribution in [0.2, 0.25) is 0 Å². The molecule has 0 radical (unpaired) electrons. The Balaban J connectivity index is 1.97. The number of aliphatic hydroxyl groups excluding tert-OH is 1. The summed E-state index contributed by atoms with van der Waals surface area (Å²) >= 11 is 0. The predicted octanol–water partition coefficient (Wildman–Crippen LogP) is 1.35. The Bertz CT molecular complexity index is 323. The Kier molecular flexibility index (Phi) is 3.80. The smallest absolute Gasteiger partial charge is 0.0434 e. The number of nitrogens with two attached hydrogens (primary N) is 1. The lowest BCUT2D eigenvalue weighted by Crippen LogP contribution is -2.19. The van der Waals surface area contributed by atoms with Crippen molar-refractivity contribution in [3.05, 3.63) is 29.8 Å². The zero-order valence-electron chi connectivity index (χ0n) is 9.60. The molecule has 16 heavy (non-hydrogen) atoms. The summed E-state index contributed by atoms with van der Waals surface area (Å²) in [5.74, 6) is 0.652. The molecular weight excluding hydrogens is 200 g/mol. The van der Waals surface area contributed by atoms with Crippen LogP contribution in [0.4, 0.5) is 5.69 Å². The standard InChI is InChI=1S/C13H20N2O/c14-9-11-1-3-13(4-2-11)15-7-5-12(10-15)6-8-16/h1-4,12,16H,5-10,14H2. The van der Waals surface area contributed by atoms with Gasteiger partial charge in [-0.15, -0.1) is 0 Å². The van der Waals surface area contributed by atoms with E-state index in [2.05, 4.69) is 29.2 Å². The molecule has 3 N–H and O–H groups in total. The van der Waals surface area contributed by atoms with Gasteiger partial charge in [0.1, 0.15) is 0 Å². The highest BCUT2D eigenvalue weighted by atomic mass is 16.3. The van der Waals surface area contributed by atoms with Crippen molar-refractivity contribution in [2.24, 2.45) is 11.7 Å². The Morgan fingerprint density at radius 1 is 1.31 bits per heavy atom. The molecule has 3 nitrogen and oxygen atoms in total. The first-order valence-corrected chi connectivity index (χ1v) is 5.98. The molecule has 2 rings (SSSR count). The summed E-state index contributed by atoms with van der Waals surface area (Å²) in [7, 11) is 0. The van der Waals surface area contributed by atoms with Gasteiger partial charge in [0.05, 0.1) is 0 Å². The molecule has 1 aliphatic rings. The molecule has 1 fully saturated rings. The maximum absolute atomic E-state index is 8.92. The second-order valence-corrected chi connectivity index (χ2v) is 4.48. The first-order chi connectivity index (χ1) is 7.83. The van der Waals surface area contributed by atoms with Crippen LogP contribution in [-0.4, -0.2) is 24.8 Å². The monoisotopic (exact) mass is 220 g/mol. The van der Waals surface area contributed by atoms with Gasteiger partial charge in [-0.2, -0.15) is 0 Å². The number of anilines is 1. The maximum atomic E-state index is 8.92. The van der Waals surface area contributed by atoms with Gasteiger partial charge < -0.3 is 15.7 Å². The van der Waals surface area contributed by atoms with Crippen molar-refractivity contribution in [1.82, 2.24) is 0 Å². The van der Waals surface area contributed by atoms with Crippen molar-refractivity contribution < 1.29 is 5.11 Å². The van der Waals surface area contributed by atoms with Crippen LogP contribution in [-0.2, 0) is 6.54 Å². The van der Waals surface area contributed by atoms with Crippen LogP contribution < -0.4 is 10.6 Å². The normalized spacial score (nSPS) is 20.4. The topological polar surface area (TPSA) is 49.5 Å². The Hall–Kier alpha value is -1.06. The predicted molar refractivity (Wildman–Crippen MR) is 66.4 cm³/mol. The quantitative estimate of drug-likeness (QED) is 0.805. The summed E-state index contributed by atoms with van der Waals surface area (Å²) in [4.78, 5) is 2.39. The molecule has 0 amide bonds. The van der Waals surface area contributed by atoms with E-state index in [0.29, 0.717) is 19.1 Å². The number of rotatable bonds is 4. The fraction of sp³-hybridized carbons (Fsp3) is 0.538. The van der Waals surface area contributed by atoms with E-state index in [9.17, 15) is 0 Å². The first-order valence-electron chi connectivity index (χ1n) is 5.98. The Labute approximate surface area is 96.9 Å². The van der Waals surface area contributed by atoms with Gasteiger partial charge in [-0.3, -0.25) is 0 Å². The molecule has 3 heteroatoms. The van der Waals surface area contributed by atoms with Crippen LogP contribution in [0.15, 0.2) is 24.3 Å². The Morgan fingerprint density at radius 3 is 2.69 bits per heavy atom. The number of benzene rings is 1. The third-order valence-corrected chi connectivity index (χ3v) is 3.36. The molecule has 0 spiro atoms. The van der Waals surface area contributed by atoms with Crippen molar-refractivity contribution in [2.45, 2.75) is 19.4 Å². The van der Waals surface area contributed by atoms with Gasteiger partial charge in [-0.05, 0) is 36.5 Å². The lowest BCUT2D eigenvalue weighted by Gasteiger charge is -2.18. The van der Waals surface area contributed by atoms with E-state index >= 15 is 0 Å².